The Morgan fingerprint density at radius 1 is 0.458 bits per heavy atom. The molecule has 0 unspecified atom stereocenters. The summed E-state index contributed by atoms with van der Waals surface area (Å²) >= 11 is 0. The lowest BCUT2D eigenvalue weighted by Gasteiger charge is -1.97. The van der Waals surface area contributed by atoms with Crippen LogP contribution in [0.2, 0.25) is 0 Å². The van der Waals surface area contributed by atoms with Crippen molar-refractivity contribution in [2.45, 2.75) is 0 Å². The average molecular weight is 314 g/mol. The summed E-state index contributed by atoms with van der Waals surface area (Å²) in [6.45, 7) is 0. The van der Waals surface area contributed by atoms with Gasteiger partial charge in [0.15, 0.2) is 24.8 Å². The SMILES string of the molecule is C[n+]1ccc(C=Cc2ccc(C=Cc3cc[n+](C)cc3)cc2)cc1. The second-order valence-electron chi connectivity index (χ2n) is 5.93. The van der Waals surface area contributed by atoms with Gasteiger partial charge in [-0.1, -0.05) is 48.6 Å². The van der Waals surface area contributed by atoms with Crippen LogP contribution in [0.4, 0.5) is 0 Å². The average Bonchev–Trinajstić information content (AvgIpc) is 2.62. The Hall–Kier alpha value is -3.00. The third kappa shape index (κ3) is 4.50. The van der Waals surface area contributed by atoms with Crippen LogP contribution in [0.15, 0.2) is 73.3 Å². The lowest BCUT2D eigenvalue weighted by atomic mass is 10.1. The van der Waals surface area contributed by atoms with Gasteiger partial charge in [-0.05, 0) is 22.3 Å². The minimum absolute atomic E-state index is 1.20. The van der Waals surface area contributed by atoms with Gasteiger partial charge < -0.3 is 0 Å². The van der Waals surface area contributed by atoms with Gasteiger partial charge in [-0.3, -0.25) is 0 Å². The summed E-state index contributed by atoms with van der Waals surface area (Å²) in [6.07, 6.45) is 16.8. The molecule has 0 saturated carbocycles. The smallest absolute Gasteiger partial charge is 0.169 e. The second kappa shape index (κ2) is 7.51. The molecule has 0 saturated heterocycles. The standard InChI is InChI=1S/C22H22N2/c1-23-15-11-21(12-16-23)9-7-19-3-5-20(6-4-19)8-10-22-13-17-24(2)18-14-22/h3-18H,1-2H3/q+2. The molecule has 0 aliphatic carbocycles. The molecule has 2 heteroatoms. The molecule has 0 atom stereocenters. The van der Waals surface area contributed by atoms with E-state index in [2.05, 4.69) is 97.6 Å². The summed E-state index contributed by atoms with van der Waals surface area (Å²) in [5.41, 5.74) is 4.81. The first kappa shape index (κ1) is 15.9. The van der Waals surface area contributed by atoms with Gasteiger partial charge in [-0.25, -0.2) is 9.13 Å². The molecule has 0 aliphatic heterocycles. The molecule has 1 aromatic carbocycles. The van der Waals surface area contributed by atoms with Gasteiger partial charge in [-0.15, -0.1) is 0 Å². The van der Waals surface area contributed by atoms with E-state index in [1.54, 1.807) is 0 Å². The Labute approximate surface area is 143 Å². The van der Waals surface area contributed by atoms with Crippen LogP contribution in [-0.2, 0) is 14.1 Å². The Morgan fingerprint density at radius 3 is 1.00 bits per heavy atom. The van der Waals surface area contributed by atoms with Crippen LogP contribution < -0.4 is 9.13 Å². The van der Waals surface area contributed by atoms with E-state index in [1.165, 1.54) is 22.3 Å². The molecule has 0 fully saturated rings. The van der Waals surface area contributed by atoms with Gasteiger partial charge >= 0.3 is 0 Å². The van der Waals surface area contributed by atoms with Crippen molar-refractivity contribution < 1.29 is 9.13 Å². The van der Waals surface area contributed by atoms with Crippen molar-refractivity contribution in [2.24, 2.45) is 14.1 Å². The summed E-state index contributed by atoms with van der Waals surface area (Å²) in [4.78, 5) is 0. The molecule has 0 N–H and O–H groups in total. The molecule has 0 bridgehead atoms. The predicted molar refractivity (Wildman–Crippen MR) is 99.5 cm³/mol. The summed E-state index contributed by atoms with van der Waals surface area (Å²) in [5.74, 6) is 0. The molecule has 0 spiro atoms. The molecule has 2 nitrogen and oxygen atoms in total. The predicted octanol–water partition coefficient (Wildman–Crippen LogP) is 3.68. The fourth-order valence-electron chi connectivity index (χ4n) is 2.35. The van der Waals surface area contributed by atoms with Crippen molar-refractivity contribution in [3.8, 4) is 0 Å². The zero-order valence-electron chi connectivity index (χ0n) is 14.1. The molecule has 3 aromatic rings. The van der Waals surface area contributed by atoms with Gasteiger partial charge in [0.25, 0.3) is 0 Å². The quantitative estimate of drug-likeness (QED) is 0.649. The third-order valence-corrected chi connectivity index (χ3v) is 3.88. The molecule has 2 aromatic heterocycles. The van der Waals surface area contributed by atoms with E-state index >= 15 is 0 Å². The van der Waals surface area contributed by atoms with Crippen LogP contribution >= 0.6 is 0 Å². The van der Waals surface area contributed by atoms with Crippen LogP contribution in [0.3, 0.4) is 0 Å². The number of aryl methyl sites for hydroxylation is 2. The fraction of sp³-hybridized carbons (Fsp3) is 0.0909. The molecule has 0 aliphatic rings. The van der Waals surface area contributed by atoms with Crippen LogP contribution in [0.1, 0.15) is 22.3 Å². The maximum absolute atomic E-state index is 2.14. The number of hydrogen-bond donors (Lipinski definition) is 0. The van der Waals surface area contributed by atoms with Crippen molar-refractivity contribution in [3.63, 3.8) is 0 Å². The first-order chi connectivity index (χ1) is 11.7. The van der Waals surface area contributed by atoms with Crippen LogP contribution in [0.5, 0.6) is 0 Å². The number of hydrogen-bond acceptors (Lipinski definition) is 0. The first-order valence-corrected chi connectivity index (χ1v) is 8.06. The van der Waals surface area contributed by atoms with E-state index in [4.69, 9.17) is 0 Å². The minimum Gasteiger partial charge on any atom is -0.208 e. The first-order valence-electron chi connectivity index (χ1n) is 8.06. The zero-order chi connectivity index (χ0) is 16.8. The summed E-state index contributed by atoms with van der Waals surface area (Å²) in [6, 6.07) is 17.0. The maximum Gasteiger partial charge on any atom is 0.169 e. The summed E-state index contributed by atoms with van der Waals surface area (Å²) in [5, 5.41) is 0. The molecule has 0 amide bonds. The Kier molecular flexibility index (Phi) is 4.97. The van der Waals surface area contributed by atoms with Crippen molar-refractivity contribution in [1.82, 2.24) is 0 Å². The lowest BCUT2D eigenvalue weighted by molar-refractivity contribution is -0.671. The van der Waals surface area contributed by atoms with Crippen molar-refractivity contribution >= 4 is 24.3 Å². The highest BCUT2D eigenvalue weighted by atomic mass is 14.9. The zero-order valence-corrected chi connectivity index (χ0v) is 14.1. The topological polar surface area (TPSA) is 7.76 Å². The number of pyridine rings is 2. The molecule has 2 heterocycles. The number of nitrogens with zero attached hydrogens (tertiary/aromatic N) is 2. The summed E-state index contributed by atoms with van der Waals surface area (Å²) in [7, 11) is 4.05. The summed E-state index contributed by atoms with van der Waals surface area (Å²) < 4.78 is 4.07. The second-order valence-corrected chi connectivity index (χ2v) is 5.93. The molecule has 24 heavy (non-hydrogen) atoms. The highest BCUT2D eigenvalue weighted by Crippen LogP contribution is 2.11. The highest BCUT2D eigenvalue weighted by Gasteiger charge is 1.94. The van der Waals surface area contributed by atoms with E-state index in [9.17, 15) is 0 Å². The van der Waals surface area contributed by atoms with Gasteiger partial charge in [0, 0.05) is 24.3 Å². The lowest BCUT2D eigenvalue weighted by Crippen LogP contribution is -2.25. The molecule has 118 valence electrons. The van der Waals surface area contributed by atoms with Crippen molar-refractivity contribution in [3.05, 3.63) is 95.6 Å². The van der Waals surface area contributed by atoms with Crippen LogP contribution in [-0.4, -0.2) is 0 Å². The Morgan fingerprint density at radius 2 is 0.708 bits per heavy atom. The van der Waals surface area contributed by atoms with Gasteiger partial charge in [-0.2, -0.15) is 0 Å². The monoisotopic (exact) mass is 314 g/mol. The van der Waals surface area contributed by atoms with E-state index in [0.717, 1.165) is 0 Å². The maximum atomic E-state index is 2.14. The van der Waals surface area contributed by atoms with E-state index in [-0.39, 0.29) is 0 Å². The Balaban J connectivity index is 1.66. The van der Waals surface area contributed by atoms with Gasteiger partial charge in [0.2, 0.25) is 0 Å². The minimum atomic E-state index is 1.20. The fourth-order valence-corrected chi connectivity index (χ4v) is 2.35. The van der Waals surface area contributed by atoms with Crippen molar-refractivity contribution in [2.75, 3.05) is 0 Å². The van der Waals surface area contributed by atoms with Crippen molar-refractivity contribution in [1.29, 1.82) is 0 Å². The van der Waals surface area contributed by atoms with E-state index in [1.807, 2.05) is 23.2 Å². The number of rotatable bonds is 4. The largest absolute Gasteiger partial charge is 0.208 e. The van der Waals surface area contributed by atoms with E-state index in [0.29, 0.717) is 0 Å². The number of aromatic nitrogens is 2. The Bertz CT molecular complexity index is 765. The highest BCUT2D eigenvalue weighted by molar-refractivity contribution is 5.72. The normalized spacial score (nSPS) is 11.4. The molecule has 3 rings (SSSR count). The third-order valence-electron chi connectivity index (χ3n) is 3.88. The van der Waals surface area contributed by atoms with E-state index < -0.39 is 0 Å². The molecular weight excluding hydrogens is 292 g/mol. The van der Waals surface area contributed by atoms with Crippen LogP contribution in [0.25, 0.3) is 24.3 Å². The number of benzene rings is 1. The molecule has 0 radical (unpaired) electrons. The van der Waals surface area contributed by atoms with Crippen LogP contribution in [0, 0.1) is 0 Å². The van der Waals surface area contributed by atoms with Gasteiger partial charge in [0.05, 0.1) is 0 Å². The molecular formula is C22H22N2+2. The van der Waals surface area contributed by atoms with Gasteiger partial charge in [0.1, 0.15) is 14.1 Å².